The fourth-order valence-electron chi connectivity index (χ4n) is 3.74. The molecule has 0 aromatic rings. The van der Waals surface area contributed by atoms with Crippen molar-refractivity contribution in [2.45, 2.75) is 57.4 Å². The van der Waals surface area contributed by atoms with E-state index >= 15 is 0 Å². The Labute approximate surface area is 106 Å². The minimum Gasteiger partial charge on any atom is -0.319 e. The van der Waals surface area contributed by atoms with Gasteiger partial charge in [-0.15, -0.1) is 0 Å². The molecule has 0 unspecified atom stereocenters. The molecule has 2 nitrogen and oxygen atoms in total. The summed E-state index contributed by atoms with van der Waals surface area (Å²) in [4.78, 5) is 2.86. The summed E-state index contributed by atoms with van der Waals surface area (Å²) in [6.45, 7) is 4.03. The molecular weight excluding hydrogens is 208 g/mol. The van der Waals surface area contributed by atoms with Crippen LogP contribution in [0.1, 0.15) is 51.4 Å². The van der Waals surface area contributed by atoms with Gasteiger partial charge < -0.3 is 5.32 Å². The van der Waals surface area contributed by atoms with Gasteiger partial charge in [-0.25, -0.2) is 0 Å². The Morgan fingerprint density at radius 1 is 1.12 bits per heavy atom. The molecule has 3 aliphatic carbocycles. The predicted molar refractivity (Wildman–Crippen MR) is 72.1 cm³/mol. The Balaban J connectivity index is 1.59. The second-order valence-electron chi connectivity index (χ2n) is 6.84. The highest BCUT2D eigenvalue weighted by Crippen LogP contribution is 2.42. The van der Waals surface area contributed by atoms with Crippen molar-refractivity contribution in [3.63, 3.8) is 0 Å². The van der Waals surface area contributed by atoms with E-state index in [1.165, 1.54) is 71.0 Å². The van der Waals surface area contributed by atoms with E-state index in [4.69, 9.17) is 0 Å². The van der Waals surface area contributed by atoms with Crippen LogP contribution >= 0.6 is 0 Å². The lowest BCUT2D eigenvalue weighted by atomic mass is 9.85. The number of hydrogen-bond donors (Lipinski definition) is 1. The van der Waals surface area contributed by atoms with Crippen molar-refractivity contribution >= 4 is 0 Å². The average Bonchev–Trinajstić information content (AvgIpc) is 3.20. The quantitative estimate of drug-likeness (QED) is 0.731. The van der Waals surface area contributed by atoms with Crippen molar-refractivity contribution in [2.75, 3.05) is 26.7 Å². The van der Waals surface area contributed by atoms with Crippen molar-refractivity contribution in [3.05, 3.63) is 0 Å². The third kappa shape index (κ3) is 3.03. The molecule has 3 saturated carbocycles. The summed E-state index contributed by atoms with van der Waals surface area (Å²) in [6.07, 6.45) is 11.8. The molecule has 0 heterocycles. The molecule has 0 radical (unpaired) electrons. The molecule has 3 aliphatic rings. The zero-order chi connectivity index (χ0) is 11.7. The largest absolute Gasteiger partial charge is 0.319 e. The summed E-state index contributed by atoms with van der Waals surface area (Å²) in [5.74, 6) is 1.06. The number of rotatable bonds is 7. The summed E-state index contributed by atoms with van der Waals surface area (Å²) in [6, 6.07) is 0.963. The molecule has 0 amide bonds. The maximum Gasteiger partial charge on any atom is 0.00967 e. The van der Waals surface area contributed by atoms with Crippen molar-refractivity contribution in [1.29, 1.82) is 0 Å². The van der Waals surface area contributed by atoms with E-state index in [1.807, 2.05) is 0 Å². The van der Waals surface area contributed by atoms with Crippen LogP contribution in [0.25, 0.3) is 0 Å². The third-order valence-corrected chi connectivity index (χ3v) is 5.01. The minimum atomic E-state index is 0.617. The van der Waals surface area contributed by atoms with Gasteiger partial charge in [-0.3, -0.25) is 4.90 Å². The summed E-state index contributed by atoms with van der Waals surface area (Å²) >= 11 is 0. The molecule has 1 N–H and O–H groups in total. The number of nitrogens with zero attached hydrogens (tertiary/aromatic N) is 1. The maximum atomic E-state index is 3.46. The molecule has 2 heteroatoms. The van der Waals surface area contributed by atoms with Crippen LogP contribution < -0.4 is 5.32 Å². The normalized spacial score (nSPS) is 27.9. The van der Waals surface area contributed by atoms with Gasteiger partial charge in [0.25, 0.3) is 0 Å². The summed E-state index contributed by atoms with van der Waals surface area (Å²) in [5, 5.41) is 3.46. The second-order valence-corrected chi connectivity index (χ2v) is 6.84. The molecule has 0 aromatic heterocycles. The van der Waals surface area contributed by atoms with Gasteiger partial charge in [0.1, 0.15) is 0 Å². The lowest BCUT2D eigenvalue weighted by Crippen LogP contribution is -2.43. The molecule has 0 atom stereocenters. The van der Waals surface area contributed by atoms with Crippen molar-refractivity contribution in [1.82, 2.24) is 10.2 Å². The van der Waals surface area contributed by atoms with E-state index in [-0.39, 0.29) is 0 Å². The van der Waals surface area contributed by atoms with Crippen molar-refractivity contribution in [3.8, 4) is 0 Å². The highest BCUT2D eigenvalue weighted by molar-refractivity contribution is 4.95. The van der Waals surface area contributed by atoms with Crippen molar-refractivity contribution in [2.24, 2.45) is 11.3 Å². The Morgan fingerprint density at radius 2 is 1.82 bits per heavy atom. The van der Waals surface area contributed by atoms with Gasteiger partial charge >= 0.3 is 0 Å². The van der Waals surface area contributed by atoms with E-state index < -0.39 is 0 Å². The maximum absolute atomic E-state index is 3.46. The minimum absolute atomic E-state index is 0.617. The first-order chi connectivity index (χ1) is 8.31. The van der Waals surface area contributed by atoms with E-state index in [0.717, 1.165) is 12.0 Å². The molecule has 0 spiro atoms. The molecule has 3 rings (SSSR count). The zero-order valence-electron chi connectivity index (χ0n) is 11.4. The van der Waals surface area contributed by atoms with E-state index in [9.17, 15) is 0 Å². The number of nitrogens with one attached hydrogen (secondary N) is 1. The Hall–Kier alpha value is -0.0800. The highest BCUT2D eigenvalue weighted by Gasteiger charge is 2.40. The summed E-state index contributed by atoms with van der Waals surface area (Å²) < 4.78 is 0. The van der Waals surface area contributed by atoms with Crippen LogP contribution in [-0.4, -0.2) is 37.6 Å². The Morgan fingerprint density at radius 3 is 2.35 bits per heavy atom. The van der Waals surface area contributed by atoms with Crippen LogP contribution in [-0.2, 0) is 0 Å². The molecule has 17 heavy (non-hydrogen) atoms. The topological polar surface area (TPSA) is 15.3 Å². The van der Waals surface area contributed by atoms with Crippen LogP contribution in [0.5, 0.6) is 0 Å². The van der Waals surface area contributed by atoms with E-state index in [2.05, 4.69) is 17.3 Å². The molecular formula is C15H28N2. The van der Waals surface area contributed by atoms with Gasteiger partial charge in [0.05, 0.1) is 0 Å². The van der Waals surface area contributed by atoms with Gasteiger partial charge in [0, 0.05) is 25.7 Å². The van der Waals surface area contributed by atoms with Crippen LogP contribution in [0.3, 0.4) is 0 Å². The van der Waals surface area contributed by atoms with Crippen LogP contribution in [0, 0.1) is 11.3 Å². The fraction of sp³-hybridized carbons (Fsp3) is 1.00. The zero-order valence-corrected chi connectivity index (χ0v) is 11.4. The fourth-order valence-corrected chi connectivity index (χ4v) is 3.74. The Bertz CT molecular complexity index is 250. The molecule has 98 valence electrons. The Kier molecular flexibility index (Phi) is 3.45. The van der Waals surface area contributed by atoms with Crippen LogP contribution in [0.4, 0.5) is 0 Å². The molecule has 0 aromatic carbocycles. The van der Waals surface area contributed by atoms with Gasteiger partial charge in [-0.2, -0.15) is 0 Å². The number of hydrogen-bond acceptors (Lipinski definition) is 2. The second kappa shape index (κ2) is 4.89. The van der Waals surface area contributed by atoms with E-state index in [1.54, 1.807) is 0 Å². The lowest BCUT2D eigenvalue weighted by molar-refractivity contribution is 0.139. The first kappa shape index (κ1) is 12.0. The van der Waals surface area contributed by atoms with Gasteiger partial charge in [0.15, 0.2) is 0 Å². The van der Waals surface area contributed by atoms with Gasteiger partial charge in [0.2, 0.25) is 0 Å². The van der Waals surface area contributed by atoms with Crippen molar-refractivity contribution < 1.29 is 0 Å². The SMILES string of the molecule is CNCC1(CN(CC2CC2)C2CC2)CCCC1. The van der Waals surface area contributed by atoms with Gasteiger partial charge in [-0.1, -0.05) is 12.8 Å². The molecule has 0 aliphatic heterocycles. The monoisotopic (exact) mass is 236 g/mol. The van der Waals surface area contributed by atoms with Gasteiger partial charge in [-0.05, 0) is 56.9 Å². The van der Waals surface area contributed by atoms with Crippen LogP contribution in [0.15, 0.2) is 0 Å². The van der Waals surface area contributed by atoms with Crippen LogP contribution in [0.2, 0.25) is 0 Å². The third-order valence-electron chi connectivity index (χ3n) is 5.01. The first-order valence-corrected chi connectivity index (χ1v) is 7.70. The lowest BCUT2D eigenvalue weighted by Gasteiger charge is -2.35. The summed E-state index contributed by atoms with van der Waals surface area (Å²) in [7, 11) is 2.13. The van der Waals surface area contributed by atoms with E-state index in [0.29, 0.717) is 5.41 Å². The predicted octanol–water partition coefficient (Wildman–Crippen LogP) is 2.64. The highest BCUT2D eigenvalue weighted by atomic mass is 15.2. The smallest absolute Gasteiger partial charge is 0.00967 e. The first-order valence-electron chi connectivity index (χ1n) is 7.70. The molecule has 3 fully saturated rings. The summed E-state index contributed by atoms with van der Waals surface area (Å²) in [5.41, 5.74) is 0.617. The average molecular weight is 236 g/mol. The molecule has 0 bridgehead atoms. The molecule has 0 saturated heterocycles. The standard InChI is InChI=1S/C15H28N2/c1-16-11-15(8-2-3-9-15)12-17(14-6-7-14)10-13-4-5-13/h13-14,16H,2-12H2,1H3.